The van der Waals surface area contributed by atoms with Crippen LogP contribution in [0.2, 0.25) is 5.02 Å². The van der Waals surface area contributed by atoms with Crippen molar-refractivity contribution in [3.63, 3.8) is 0 Å². The van der Waals surface area contributed by atoms with E-state index in [0.717, 1.165) is 29.4 Å². The average molecular weight is 473 g/mol. The molecule has 0 spiro atoms. The molecule has 1 aromatic heterocycles. The third-order valence-corrected chi connectivity index (χ3v) is 6.75. The summed E-state index contributed by atoms with van der Waals surface area (Å²) in [6, 6.07) is 13.2. The lowest BCUT2D eigenvalue weighted by Gasteiger charge is -2.17. The van der Waals surface area contributed by atoms with Crippen LogP contribution in [0.1, 0.15) is 31.7 Å². The first kappa shape index (κ1) is 22.5. The lowest BCUT2D eigenvalue weighted by molar-refractivity contribution is -0.113. The van der Waals surface area contributed by atoms with Crippen LogP contribution in [0.3, 0.4) is 0 Å². The minimum atomic E-state index is -0.165. The van der Waals surface area contributed by atoms with Gasteiger partial charge in [-0.3, -0.25) is 9.36 Å². The molecule has 168 valence electrons. The van der Waals surface area contributed by atoms with Gasteiger partial charge >= 0.3 is 0 Å². The van der Waals surface area contributed by atoms with Gasteiger partial charge in [-0.05, 0) is 37.1 Å². The molecule has 0 radical (unpaired) electrons. The van der Waals surface area contributed by atoms with Crippen LogP contribution < -0.4 is 14.8 Å². The van der Waals surface area contributed by atoms with E-state index < -0.39 is 0 Å². The molecule has 0 bridgehead atoms. The summed E-state index contributed by atoms with van der Waals surface area (Å²) in [5.74, 6) is 1.98. The van der Waals surface area contributed by atoms with Gasteiger partial charge in [0.15, 0.2) is 11.0 Å². The van der Waals surface area contributed by atoms with Gasteiger partial charge in [0.25, 0.3) is 0 Å². The zero-order valence-corrected chi connectivity index (χ0v) is 19.6. The average Bonchev–Trinajstić information content (AvgIpc) is 3.47. The number of rotatable bonds is 8. The Morgan fingerprint density at radius 1 is 1.16 bits per heavy atom. The molecule has 9 heteroatoms. The summed E-state index contributed by atoms with van der Waals surface area (Å²) in [5.41, 5.74) is 1.41. The lowest BCUT2D eigenvalue weighted by atomic mass is 10.2. The Morgan fingerprint density at radius 2 is 1.94 bits per heavy atom. The zero-order chi connectivity index (χ0) is 22.5. The van der Waals surface area contributed by atoms with Crippen LogP contribution in [-0.4, -0.2) is 40.6 Å². The fourth-order valence-electron chi connectivity index (χ4n) is 3.92. The van der Waals surface area contributed by atoms with E-state index in [9.17, 15) is 4.79 Å². The number of ether oxygens (including phenoxy) is 2. The molecule has 0 atom stereocenters. The highest BCUT2D eigenvalue weighted by molar-refractivity contribution is 7.99. The van der Waals surface area contributed by atoms with Gasteiger partial charge in [0.05, 0.1) is 30.7 Å². The molecule has 32 heavy (non-hydrogen) atoms. The Labute approximate surface area is 196 Å². The van der Waals surface area contributed by atoms with Crippen molar-refractivity contribution in [2.45, 2.75) is 36.9 Å². The number of nitrogens with one attached hydrogen (secondary N) is 1. The van der Waals surface area contributed by atoms with E-state index in [1.165, 1.54) is 24.6 Å². The maximum atomic E-state index is 12.7. The monoisotopic (exact) mass is 472 g/mol. The molecule has 1 heterocycles. The Balaban J connectivity index is 1.54. The molecular weight excluding hydrogens is 448 g/mol. The molecule has 0 saturated heterocycles. The van der Waals surface area contributed by atoms with Crippen molar-refractivity contribution in [3.05, 3.63) is 47.5 Å². The van der Waals surface area contributed by atoms with E-state index in [2.05, 4.69) is 20.1 Å². The van der Waals surface area contributed by atoms with Crippen molar-refractivity contribution in [1.29, 1.82) is 0 Å². The minimum absolute atomic E-state index is 0.165. The van der Waals surface area contributed by atoms with Gasteiger partial charge in [0.1, 0.15) is 11.5 Å². The molecule has 0 aliphatic heterocycles. The molecule has 0 unspecified atom stereocenters. The number of anilines is 1. The van der Waals surface area contributed by atoms with E-state index in [0.29, 0.717) is 28.3 Å². The Hall–Kier alpha value is -2.71. The second-order valence-corrected chi connectivity index (χ2v) is 8.85. The van der Waals surface area contributed by atoms with Crippen molar-refractivity contribution < 1.29 is 14.3 Å². The van der Waals surface area contributed by atoms with Crippen LogP contribution in [0.25, 0.3) is 11.4 Å². The highest BCUT2D eigenvalue weighted by atomic mass is 35.5. The summed E-state index contributed by atoms with van der Waals surface area (Å²) in [4.78, 5) is 12.7. The van der Waals surface area contributed by atoms with Crippen LogP contribution in [0.5, 0.6) is 11.5 Å². The van der Waals surface area contributed by atoms with E-state index in [4.69, 9.17) is 21.1 Å². The Bertz CT molecular complexity index is 1100. The predicted molar refractivity (Wildman–Crippen MR) is 127 cm³/mol. The van der Waals surface area contributed by atoms with Gasteiger partial charge in [0, 0.05) is 17.7 Å². The van der Waals surface area contributed by atoms with Crippen molar-refractivity contribution >= 4 is 35.0 Å². The number of thioether (sulfide) groups is 1. The van der Waals surface area contributed by atoms with E-state index in [1.54, 1.807) is 32.4 Å². The predicted octanol–water partition coefficient (Wildman–Crippen LogP) is 5.46. The largest absolute Gasteiger partial charge is 0.497 e. The molecule has 1 amide bonds. The van der Waals surface area contributed by atoms with Crippen LogP contribution in [-0.2, 0) is 4.79 Å². The third kappa shape index (κ3) is 4.86. The number of carbonyl (C=O) groups excluding carboxylic acids is 1. The molecule has 7 nitrogen and oxygen atoms in total. The van der Waals surface area contributed by atoms with Gasteiger partial charge in [-0.1, -0.05) is 48.3 Å². The van der Waals surface area contributed by atoms with Crippen molar-refractivity contribution in [1.82, 2.24) is 14.8 Å². The maximum Gasteiger partial charge on any atom is 0.234 e. The molecule has 1 aliphatic rings. The minimum Gasteiger partial charge on any atom is -0.497 e. The van der Waals surface area contributed by atoms with Crippen LogP contribution >= 0.6 is 23.4 Å². The molecular formula is C23H25ClN4O3S. The molecule has 1 saturated carbocycles. The normalized spacial score (nSPS) is 13.8. The first-order valence-corrected chi connectivity index (χ1v) is 11.8. The molecule has 3 aromatic rings. The second kappa shape index (κ2) is 10.3. The Morgan fingerprint density at radius 3 is 2.66 bits per heavy atom. The number of carbonyl (C=O) groups is 1. The van der Waals surface area contributed by atoms with Gasteiger partial charge in [-0.25, -0.2) is 0 Å². The van der Waals surface area contributed by atoms with Crippen molar-refractivity contribution in [3.8, 4) is 22.9 Å². The van der Waals surface area contributed by atoms with E-state index in [1.807, 2.05) is 24.3 Å². The summed E-state index contributed by atoms with van der Waals surface area (Å²) in [6.07, 6.45) is 4.47. The molecule has 1 N–H and O–H groups in total. The maximum absolute atomic E-state index is 12.7. The fourth-order valence-corrected chi connectivity index (χ4v) is 4.95. The third-order valence-electron chi connectivity index (χ3n) is 5.48. The summed E-state index contributed by atoms with van der Waals surface area (Å²) >= 11 is 7.81. The standard InChI is InChI=1S/C23H25ClN4O3S/c1-30-16-11-12-20(31-2)19(13-16)25-21(29)14-32-23-27-26-22(17-9-5-6-10-18(17)24)28(23)15-7-3-4-8-15/h5-6,9-13,15H,3-4,7-8,14H2,1-2H3,(H,25,29). The molecule has 4 rings (SSSR count). The van der Waals surface area contributed by atoms with Crippen molar-refractivity contribution in [2.75, 3.05) is 25.3 Å². The Kier molecular flexibility index (Phi) is 7.22. The lowest BCUT2D eigenvalue weighted by Crippen LogP contribution is -2.16. The molecule has 2 aromatic carbocycles. The number of hydrogen-bond donors (Lipinski definition) is 1. The fraction of sp³-hybridized carbons (Fsp3) is 0.348. The number of halogens is 1. The van der Waals surface area contributed by atoms with Crippen molar-refractivity contribution in [2.24, 2.45) is 0 Å². The summed E-state index contributed by atoms with van der Waals surface area (Å²) in [5, 5.41) is 13.1. The van der Waals surface area contributed by atoms with Gasteiger partial charge < -0.3 is 14.8 Å². The number of methoxy groups -OCH3 is 2. The van der Waals surface area contributed by atoms with Gasteiger partial charge in [-0.2, -0.15) is 0 Å². The summed E-state index contributed by atoms with van der Waals surface area (Å²) < 4.78 is 12.7. The summed E-state index contributed by atoms with van der Waals surface area (Å²) in [7, 11) is 3.14. The van der Waals surface area contributed by atoms with E-state index in [-0.39, 0.29) is 11.7 Å². The van der Waals surface area contributed by atoms with Gasteiger partial charge in [-0.15, -0.1) is 10.2 Å². The zero-order valence-electron chi connectivity index (χ0n) is 18.0. The highest BCUT2D eigenvalue weighted by Crippen LogP contribution is 2.38. The second-order valence-electron chi connectivity index (χ2n) is 7.50. The first-order valence-electron chi connectivity index (χ1n) is 10.4. The number of hydrogen-bond acceptors (Lipinski definition) is 6. The van der Waals surface area contributed by atoms with Crippen LogP contribution in [0.4, 0.5) is 5.69 Å². The molecule has 1 fully saturated rings. The molecule has 1 aliphatic carbocycles. The van der Waals surface area contributed by atoms with E-state index >= 15 is 0 Å². The number of amides is 1. The first-order chi connectivity index (χ1) is 15.6. The quantitative estimate of drug-likeness (QED) is 0.438. The van der Waals surface area contributed by atoms with Crippen LogP contribution in [0.15, 0.2) is 47.6 Å². The topological polar surface area (TPSA) is 78.3 Å². The summed E-state index contributed by atoms with van der Waals surface area (Å²) in [6.45, 7) is 0. The number of nitrogens with zero attached hydrogens (tertiary/aromatic N) is 3. The number of benzene rings is 2. The number of aromatic nitrogens is 3. The van der Waals surface area contributed by atoms with Gasteiger partial charge in [0.2, 0.25) is 5.91 Å². The van der Waals surface area contributed by atoms with Crippen LogP contribution in [0, 0.1) is 0 Å². The highest BCUT2D eigenvalue weighted by Gasteiger charge is 2.26. The smallest absolute Gasteiger partial charge is 0.234 e. The SMILES string of the molecule is COc1ccc(OC)c(NC(=O)CSc2nnc(-c3ccccc3Cl)n2C2CCCC2)c1.